The van der Waals surface area contributed by atoms with E-state index in [1.54, 1.807) is 11.0 Å². The lowest BCUT2D eigenvalue weighted by Crippen LogP contribution is -2.29. The molecule has 0 aliphatic carbocycles. The van der Waals surface area contributed by atoms with Gasteiger partial charge in [0.05, 0.1) is 4.90 Å². The molecule has 1 heterocycles. The fourth-order valence-electron chi connectivity index (χ4n) is 2.34. The molecule has 114 valence electrons. The Kier molecular flexibility index (Phi) is 4.80. The molecule has 21 heavy (non-hydrogen) atoms. The Hall–Kier alpha value is -1.66. The molecular formula is C15H20N2O3S. The van der Waals surface area contributed by atoms with Crippen LogP contribution in [-0.2, 0) is 10.0 Å². The number of hydrogen-bond donors (Lipinski definition) is 1. The Bertz CT molecular complexity index is 647. The Morgan fingerprint density at radius 3 is 2.67 bits per heavy atom. The first-order valence-electron chi connectivity index (χ1n) is 6.96. The molecule has 1 aliphatic rings. The molecule has 0 unspecified atom stereocenters. The van der Waals surface area contributed by atoms with Crippen LogP contribution in [0.2, 0.25) is 0 Å². The quantitative estimate of drug-likeness (QED) is 0.842. The summed E-state index contributed by atoms with van der Waals surface area (Å²) in [5, 5.41) is 0. The largest absolute Gasteiger partial charge is 0.339 e. The topological polar surface area (TPSA) is 66.5 Å². The van der Waals surface area contributed by atoms with Crippen LogP contribution in [0.15, 0.2) is 35.7 Å². The van der Waals surface area contributed by atoms with E-state index in [0.29, 0.717) is 5.56 Å². The zero-order valence-electron chi connectivity index (χ0n) is 12.1. The average Bonchev–Trinajstić information content (AvgIpc) is 2.99. The zero-order chi connectivity index (χ0) is 15.5. The maximum absolute atomic E-state index is 12.5. The highest BCUT2D eigenvalue weighted by molar-refractivity contribution is 7.89. The Morgan fingerprint density at radius 2 is 2.05 bits per heavy atom. The molecule has 1 amide bonds. The van der Waals surface area contributed by atoms with Crippen molar-refractivity contribution in [3.05, 3.63) is 42.0 Å². The van der Waals surface area contributed by atoms with Gasteiger partial charge in [0.25, 0.3) is 5.91 Å². The number of aryl methyl sites for hydroxylation is 1. The Morgan fingerprint density at radius 1 is 1.38 bits per heavy atom. The predicted molar refractivity (Wildman–Crippen MR) is 81.7 cm³/mol. The number of benzene rings is 1. The van der Waals surface area contributed by atoms with Crippen LogP contribution in [0, 0.1) is 6.92 Å². The van der Waals surface area contributed by atoms with Crippen LogP contribution in [0.3, 0.4) is 0 Å². The number of carbonyl (C=O) groups excluding carboxylic acids is 1. The molecule has 0 spiro atoms. The predicted octanol–water partition coefficient (Wildman–Crippen LogP) is 1.70. The van der Waals surface area contributed by atoms with Crippen LogP contribution in [0.25, 0.3) is 0 Å². The van der Waals surface area contributed by atoms with Crippen LogP contribution in [0.4, 0.5) is 0 Å². The van der Waals surface area contributed by atoms with Crippen molar-refractivity contribution in [1.82, 2.24) is 9.62 Å². The lowest BCUT2D eigenvalue weighted by atomic mass is 10.1. The number of hydrogen-bond acceptors (Lipinski definition) is 3. The van der Waals surface area contributed by atoms with Crippen molar-refractivity contribution in [1.29, 1.82) is 0 Å². The third kappa shape index (κ3) is 3.51. The second-order valence-electron chi connectivity index (χ2n) is 5.12. The summed E-state index contributed by atoms with van der Waals surface area (Å²) in [7, 11) is -3.61. The summed E-state index contributed by atoms with van der Waals surface area (Å²) >= 11 is 0. The second kappa shape index (κ2) is 6.41. The summed E-state index contributed by atoms with van der Waals surface area (Å²) in [6.07, 6.45) is 3.48. The van der Waals surface area contributed by atoms with Crippen molar-refractivity contribution in [2.45, 2.75) is 24.7 Å². The van der Waals surface area contributed by atoms with Crippen LogP contribution >= 0.6 is 0 Å². The third-order valence-corrected chi connectivity index (χ3v) is 4.98. The minimum Gasteiger partial charge on any atom is -0.339 e. The first-order valence-corrected chi connectivity index (χ1v) is 8.44. The third-order valence-electron chi connectivity index (χ3n) is 3.56. The van der Waals surface area contributed by atoms with Gasteiger partial charge >= 0.3 is 0 Å². The van der Waals surface area contributed by atoms with Crippen LogP contribution in [0.5, 0.6) is 0 Å². The van der Waals surface area contributed by atoms with Crippen LogP contribution < -0.4 is 4.72 Å². The van der Waals surface area contributed by atoms with Crippen LogP contribution in [-0.4, -0.2) is 38.9 Å². The van der Waals surface area contributed by atoms with Crippen molar-refractivity contribution in [3.63, 3.8) is 0 Å². The molecule has 1 fully saturated rings. The fraction of sp³-hybridized carbons (Fsp3) is 0.400. The summed E-state index contributed by atoms with van der Waals surface area (Å²) in [5.41, 5.74) is 1.24. The van der Waals surface area contributed by atoms with Gasteiger partial charge in [-0.25, -0.2) is 13.1 Å². The molecule has 0 radical (unpaired) electrons. The molecule has 1 aromatic carbocycles. The van der Waals surface area contributed by atoms with E-state index in [0.717, 1.165) is 31.5 Å². The maximum Gasteiger partial charge on any atom is 0.254 e. The molecule has 6 heteroatoms. The minimum atomic E-state index is -3.61. The molecule has 0 bridgehead atoms. The number of carbonyl (C=O) groups is 1. The standard InChI is InChI=1S/C15H20N2O3S/c1-3-8-16-21(19,20)13-7-6-12(2)14(11-13)15(18)17-9-4-5-10-17/h3,6-7,11,16H,1,4-5,8-10H2,2H3. The number of nitrogens with zero attached hydrogens (tertiary/aromatic N) is 1. The van der Waals surface area contributed by atoms with E-state index < -0.39 is 10.0 Å². The fourth-order valence-corrected chi connectivity index (χ4v) is 3.37. The van der Waals surface area contributed by atoms with E-state index in [1.807, 2.05) is 6.92 Å². The van der Waals surface area contributed by atoms with E-state index >= 15 is 0 Å². The molecule has 0 saturated carbocycles. The van der Waals surface area contributed by atoms with Gasteiger partial charge in [0.1, 0.15) is 0 Å². The van der Waals surface area contributed by atoms with Crippen molar-refractivity contribution < 1.29 is 13.2 Å². The smallest absolute Gasteiger partial charge is 0.254 e. The van der Waals surface area contributed by atoms with Gasteiger partial charge in [-0.1, -0.05) is 12.1 Å². The molecular weight excluding hydrogens is 288 g/mol. The molecule has 2 rings (SSSR count). The average molecular weight is 308 g/mol. The normalized spacial score (nSPS) is 15.2. The second-order valence-corrected chi connectivity index (χ2v) is 6.88. The van der Waals surface area contributed by atoms with Gasteiger partial charge in [0, 0.05) is 25.2 Å². The van der Waals surface area contributed by atoms with Gasteiger partial charge in [-0.05, 0) is 37.5 Å². The van der Waals surface area contributed by atoms with E-state index in [2.05, 4.69) is 11.3 Å². The summed E-state index contributed by atoms with van der Waals surface area (Å²) in [6.45, 7) is 6.94. The van der Waals surface area contributed by atoms with E-state index in [-0.39, 0.29) is 17.3 Å². The van der Waals surface area contributed by atoms with E-state index in [1.165, 1.54) is 18.2 Å². The summed E-state index contributed by atoms with van der Waals surface area (Å²) in [5.74, 6) is -0.0919. The number of nitrogens with one attached hydrogen (secondary N) is 1. The molecule has 1 aromatic rings. The van der Waals surface area contributed by atoms with E-state index in [9.17, 15) is 13.2 Å². The van der Waals surface area contributed by atoms with Gasteiger partial charge < -0.3 is 4.90 Å². The lowest BCUT2D eigenvalue weighted by molar-refractivity contribution is 0.0792. The van der Waals surface area contributed by atoms with Crippen molar-refractivity contribution >= 4 is 15.9 Å². The maximum atomic E-state index is 12.5. The van der Waals surface area contributed by atoms with E-state index in [4.69, 9.17) is 0 Å². The Balaban J connectivity index is 2.32. The van der Waals surface area contributed by atoms with Gasteiger partial charge in [0.2, 0.25) is 10.0 Å². The molecule has 1 saturated heterocycles. The highest BCUT2D eigenvalue weighted by Crippen LogP contribution is 2.19. The SMILES string of the molecule is C=CCNS(=O)(=O)c1ccc(C)c(C(=O)N2CCCC2)c1. The van der Waals surface area contributed by atoms with Gasteiger partial charge in [0.15, 0.2) is 0 Å². The number of rotatable bonds is 5. The number of sulfonamides is 1. The van der Waals surface area contributed by atoms with Gasteiger partial charge in [-0.2, -0.15) is 0 Å². The van der Waals surface area contributed by atoms with Gasteiger partial charge in [-0.3, -0.25) is 4.79 Å². The number of likely N-dealkylation sites (tertiary alicyclic amines) is 1. The molecule has 1 aliphatic heterocycles. The summed E-state index contributed by atoms with van der Waals surface area (Å²) in [6, 6.07) is 4.65. The summed E-state index contributed by atoms with van der Waals surface area (Å²) < 4.78 is 26.6. The van der Waals surface area contributed by atoms with Crippen molar-refractivity contribution in [2.75, 3.05) is 19.6 Å². The first-order chi connectivity index (χ1) is 9.95. The number of amides is 1. The lowest BCUT2D eigenvalue weighted by Gasteiger charge is -2.17. The van der Waals surface area contributed by atoms with Gasteiger partial charge in [-0.15, -0.1) is 6.58 Å². The highest BCUT2D eigenvalue weighted by atomic mass is 32.2. The minimum absolute atomic E-state index is 0.0919. The molecule has 5 nitrogen and oxygen atoms in total. The first kappa shape index (κ1) is 15.7. The Labute approximate surface area is 125 Å². The molecule has 0 aromatic heterocycles. The molecule has 1 N–H and O–H groups in total. The zero-order valence-corrected chi connectivity index (χ0v) is 12.9. The van der Waals surface area contributed by atoms with Crippen molar-refractivity contribution in [2.24, 2.45) is 0 Å². The molecule has 0 atom stereocenters. The monoisotopic (exact) mass is 308 g/mol. The highest BCUT2D eigenvalue weighted by Gasteiger charge is 2.23. The van der Waals surface area contributed by atoms with Crippen molar-refractivity contribution in [3.8, 4) is 0 Å². The van der Waals surface area contributed by atoms with Crippen LogP contribution in [0.1, 0.15) is 28.8 Å². The summed E-state index contributed by atoms with van der Waals surface area (Å²) in [4.78, 5) is 14.3.